The van der Waals surface area contributed by atoms with Crippen LogP contribution >= 0.6 is 0 Å². The molecule has 0 aromatic carbocycles. The Morgan fingerprint density at radius 2 is 2.30 bits per heavy atom. The Morgan fingerprint density at radius 1 is 1.45 bits per heavy atom. The fourth-order valence-corrected chi connectivity index (χ4v) is 2.37. The van der Waals surface area contributed by atoms with Crippen molar-refractivity contribution in [3.05, 3.63) is 24.3 Å². The molecule has 1 aliphatic heterocycles. The molecule has 1 saturated heterocycles. The average Bonchev–Trinajstić information content (AvgIpc) is 2.47. The number of amides is 1. The summed E-state index contributed by atoms with van der Waals surface area (Å²) in [6.45, 7) is 1.90. The summed E-state index contributed by atoms with van der Waals surface area (Å²) < 4.78 is 0. The highest BCUT2D eigenvalue weighted by Crippen LogP contribution is 2.17. The fourth-order valence-electron chi connectivity index (χ4n) is 2.37. The Kier molecular flexibility index (Phi) is 5.00. The zero-order valence-electron chi connectivity index (χ0n) is 11.2. The number of rotatable bonds is 5. The molecule has 1 amide bonds. The Bertz CT molecular complexity index is 466. The molecular weight excluding hydrogens is 260 g/mol. The maximum Gasteiger partial charge on any atom is 0.317 e. The van der Waals surface area contributed by atoms with Crippen molar-refractivity contribution in [2.75, 3.05) is 26.2 Å². The third-order valence-electron chi connectivity index (χ3n) is 3.30. The molecule has 0 spiro atoms. The summed E-state index contributed by atoms with van der Waals surface area (Å²) in [6.07, 6.45) is 6.42. The number of aliphatic carboxylic acids is 1. The van der Waals surface area contributed by atoms with E-state index in [1.54, 1.807) is 4.90 Å². The number of carbonyl (C=O) groups excluding carboxylic acids is 1. The first kappa shape index (κ1) is 14.4. The summed E-state index contributed by atoms with van der Waals surface area (Å²) in [5.74, 6) is -0.696. The van der Waals surface area contributed by atoms with Crippen molar-refractivity contribution in [1.82, 2.24) is 20.2 Å². The largest absolute Gasteiger partial charge is 0.480 e. The van der Waals surface area contributed by atoms with Crippen LogP contribution in [0.25, 0.3) is 0 Å². The average molecular weight is 278 g/mol. The number of carbonyl (C=O) groups is 2. The number of nitrogens with one attached hydrogen (secondary N) is 1. The van der Waals surface area contributed by atoms with E-state index in [0.717, 1.165) is 12.8 Å². The number of piperidine rings is 1. The standard InChI is InChI=1S/C13H18N4O3/c18-12(19)8-15-6-10-2-1-5-17(9-10)13(20)11-7-14-3-4-16-11/h3-4,7,10,15H,1-2,5-6,8-9H2,(H,18,19). The van der Waals surface area contributed by atoms with Crippen LogP contribution in [0.2, 0.25) is 0 Å². The van der Waals surface area contributed by atoms with Crippen LogP contribution in [-0.2, 0) is 4.79 Å². The highest BCUT2D eigenvalue weighted by Gasteiger charge is 2.25. The van der Waals surface area contributed by atoms with Crippen molar-refractivity contribution < 1.29 is 14.7 Å². The topological polar surface area (TPSA) is 95.4 Å². The van der Waals surface area contributed by atoms with Crippen LogP contribution in [0.5, 0.6) is 0 Å². The number of hydrogen-bond donors (Lipinski definition) is 2. The van der Waals surface area contributed by atoms with E-state index in [1.165, 1.54) is 18.6 Å². The molecular formula is C13H18N4O3. The lowest BCUT2D eigenvalue weighted by Crippen LogP contribution is -2.43. The lowest BCUT2D eigenvalue weighted by molar-refractivity contribution is -0.136. The summed E-state index contributed by atoms with van der Waals surface area (Å²) in [6, 6.07) is 0. The molecule has 7 nitrogen and oxygen atoms in total. The molecule has 1 aromatic heterocycles. The van der Waals surface area contributed by atoms with Gasteiger partial charge in [0.05, 0.1) is 12.7 Å². The predicted octanol–water partition coefficient (Wildman–Crippen LogP) is 0.00300. The minimum absolute atomic E-state index is 0.0470. The van der Waals surface area contributed by atoms with Crippen molar-refractivity contribution in [3.63, 3.8) is 0 Å². The van der Waals surface area contributed by atoms with Gasteiger partial charge in [0.2, 0.25) is 0 Å². The van der Waals surface area contributed by atoms with E-state index in [1.807, 2.05) is 0 Å². The van der Waals surface area contributed by atoms with Crippen molar-refractivity contribution in [2.45, 2.75) is 12.8 Å². The zero-order valence-corrected chi connectivity index (χ0v) is 11.2. The van der Waals surface area contributed by atoms with E-state index in [4.69, 9.17) is 5.11 Å². The molecule has 2 heterocycles. The van der Waals surface area contributed by atoms with Gasteiger partial charge < -0.3 is 15.3 Å². The van der Waals surface area contributed by atoms with Gasteiger partial charge in [-0.2, -0.15) is 0 Å². The number of aromatic nitrogens is 2. The minimum Gasteiger partial charge on any atom is -0.480 e. The van der Waals surface area contributed by atoms with Crippen molar-refractivity contribution in [3.8, 4) is 0 Å². The molecule has 0 bridgehead atoms. The molecule has 0 saturated carbocycles. The lowest BCUT2D eigenvalue weighted by Gasteiger charge is -2.32. The Morgan fingerprint density at radius 3 is 3.00 bits per heavy atom. The van der Waals surface area contributed by atoms with Gasteiger partial charge in [-0.05, 0) is 18.8 Å². The zero-order chi connectivity index (χ0) is 14.4. The smallest absolute Gasteiger partial charge is 0.317 e. The minimum atomic E-state index is -0.867. The Balaban J connectivity index is 1.87. The van der Waals surface area contributed by atoms with Gasteiger partial charge in [0, 0.05) is 32.0 Å². The number of nitrogens with zero attached hydrogens (tertiary/aromatic N) is 3. The van der Waals surface area contributed by atoms with E-state index >= 15 is 0 Å². The summed E-state index contributed by atoms with van der Waals surface area (Å²) in [5, 5.41) is 11.5. The number of likely N-dealkylation sites (tertiary alicyclic amines) is 1. The molecule has 108 valence electrons. The summed E-state index contributed by atoms with van der Waals surface area (Å²) >= 11 is 0. The van der Waals surface area contributed by atoms with Crippen LogP contribution < -0.4 is 5.32 Å². The van der Waals surface area contributed by atoms with Crippen molar-refractivity contribution in [2.24, 2.45) is 5.92 Å². The molecule has 1 aromatic rings. The van der Waals surface area contributed by atoms with Crippen LogP contribution in [0.3, 0.4) is 0 Å². The fraction of sp³-hybridized carbons (Fsp3) is 0.538. The Hall–Kier alpha value is -2.02. The van der Waals surface area contributed by atoms with E-state index in [2.05, 4.69) is 15.3 Å². The lowest BCUT2D eigenvalue weighted by atomic mass is 9.97. The maximum atomic E-state index is 12.2. The predicted molar refractivity (Wildman–Crippen MR) is 71.2 cm³/mol. The van der Waals surface area contributed by atoms with E-state index < -0.39 is 5.97 Å². The van der Waals surface area contributed by atoms with Crippen LogP contribution in [0.1, 0.15) is 23.3 Å². The maximum absolute atomic E-state index is 12.2. The van der Waals surface area contributed by atoms with Gasteiger partial charge in [-0.15, -0.1) is 0 Å². The molecule has 1 atom stereocenters. The first-order chi connectivity index (χ1) is 9.66. The van der Waals surface area contributed by atoms with Gasteiger partial charge in [-0.25, -0.2) is 4.98 Å². The van der Waals surface area contributed by atoms with Crippen LogP contribution in [0.15, 0.2) is 18.6 Å². The summed E-state index contributed by atoms with van der Waals surface area (Å²) in [4.78, 5) is 32.4. The normalized spacial score (nSPS) is 18.8. The molecule has 2 rings (SSSR count). The first-order valence-electron chi connectivity index (χ1n) is 6.64. The molecule has 2 N–H and O–H groups in total. The quantitative estimate of drug-likeness (QED) is 0.787. The van der Waals surface area contributed by atoms with Gasteiger partial charge >= 0.3 is 5.97 Å². The van der Waals surface area contributed by atoms with E-state index in [-0.39, 0.29) is 18.4 Å². The molecule has 0 aliphatic carbocycles. The SMILES string of the molecule is O=C(O)CNCC1CCCN(C(=O)c2cnccn2)C1. The highest BCUT2D eigenvalue weighted by atomic mass is 16.4. The third kappa shape index (κ3) is 3.99. The van der Waals surface area contributed by atoms with Gasteiger partial charge in [-0.1, -0.05) is 0 Å². The van der Waals surface area contributed by atoms with Crippen molar-refractivity contribution >= 4 is 11.9 Å². The highest BCUT2D eigenvalue weighted by molar-refractivity contribution is 5.92. The summed E-state index contributed by atoms with van der Waals surface area (Å²) in [5.41, 5.74) is 0.353. The van der Waals surface area contributed by atoms with Gasteiger partial charge in [0.1, 0.15) is 5.69 Å². The van der Waals surface area contributed by atoms with Gasteiger partial charge in [0.15, 0.2) is 0 Å². The molecule has 1 aliphatic rings. The van der Waals surface area contributed by atoms with Gasteiger partial charge in [-0.3, -0.25) is 14.6 Å². The summed E-state index contributed by atoms with van der Waals surface area (Å²) in [7, 11) is 0. The Labute approximate surface area is 117 Å². The van der Waals surface area contributed by atoms with E-state index in [9.17, 15) is 9.59 Å². The first-order valence-corrected chi connectivity index (χ1v) is 6.64. The number of carboxylic acid groups (broad SMARTS) is 1. The molecule has 20 heavy (non-hydrogen) atoms. The van der Waals surface area contributed by atoms with E-state index in [0.29, 0.717) is 25.3 Å². The number of hydrogen-bond acceptors (Lipinski definition) is 5. The second-order valence-electron chi connectivity index (χ2n) is 4.87. The molecule has 1 unspecified atom stereocenters. The van der Waals surface area contributed by atoms with Crippen LogP contribution in [-0.4, -0.2) is 58.0 Å². The number of carboxylic acids is 1. The third-order valence-corrected chi connectivity index (χ3v) is 3.30. The second kappa shape index (κ2) is 6.95. The molecule has 1 fully saturated rings. The molecule has 0 radical (unpaired) electrons. The van der Waals surface area contributed by atoms with Crippen LogP contribution in [0.4, 0.5) is 0 Å². The molecule has 7 heteroatoms. The van der Waals surface area contributed by atoms with Gasteiger partial charge in [0.25, 0.3) is 5.91 Å². The second-order valence-corrected chi connectivity index (χ2v) is 4.87. The van der Waals surface area contributed by atoms with Crippen LogP contribution in [0, 0.1) is 5.92 Å². The van der Waals surface area contributed by atoms with Crippen molar-refractivity contribution in [1.29, 1.82) is 0 Å². The monoisotopic (exact) mass is 278 g/mol.